The van der Waals surface area contributed by atoms with Gasteiger partial charge in [0.15, 0.2) is 0 Å². The van der Waals surface area contributed by atoms with Gasteiger partial charge < -0.3 is 9.64 Å². The Morgan fingerprint density at radius 1 is 1.17 bits per heavy atom. The summed E-state index contributed by atoms with van der Waals surface area (Å²) in [6.45, 7) is 5.07. The van der Waals surface area contributed by atoms with E-state index in [1.165, 1.54) is 36.9 Å². The quantitative estimate of drug-likeness (QED) is 0.730. The van der Waals surface area contributed by atoms with Crippen molar-refractivity contribution in [1.29, 1.82) is 0 Å². The van der Waals surface area contributed by atoms with Crippen LogP contribution in [0.4, 0.5) is 0 Å². The molecule has 0 radical (unpaired) electrons. The second kappa shape index (κ2) is 8.34. The molecule has 0 saturated carbocycles. The number of H-pyrrole nitrogens is 1. The number of rotatable bonds is 8. The Morgan fingerprint density at radius 3 is 2.88 bits per heavy atom. The number of unbranched alkanes of at least 4 members (excludes halogenated alkanes) is 4. The lowest BCUT2D eigenvalue weighted by Gasteiger charge is -2.22. The maximum atomic E-state index is 6.09. The van der Waals surface area contributed by atoms with Crippen molar-refractivity contribution in [2.45, 2.75) is 52.0 Å². The van der Waals surface area contributed by atoms with Crippen molar-refractivity contribution in [2.24, 2.45) is 0 Å². The summed E-state index contributed by atoms with van der Waals surface area (Å²) in [7, 11) is 2.17. The molecule has 1 N–H and O–H groups in total. The van der Waals surface area contributed by atoms with Crippen molar-refractivity contribution < 1.29 is 4.74 Å². The lowest BCUT2D eigenvalue weighted by Crippen LogP contribution is -2.26. The summed E-state index contributed by atoms with van der Waals surface area (Å²) in [5.41, 5.74) is 4.76. The van der Waals surface area contributed by atoms with Crippen molar-refractivity contribution in [2.75, 3.05) is 20.2 Å². The molecule has 1 aliphatic rings. The van der Waals surface area contributed by atoms with Crippen LogP contribution in [0.15, 0.2) is 24.3 Å². The van der Waals surface area contributed by atoms with E-state index in [-0.39, 0.29) is 0 Å². The van der Waals surface area contributed by atoms with Gasteiger partial charge in [0.1, 0.15) is 11.4 Å². The highest BCUT2D eigenvalue weighted by Crippen LogP contribution is 2.34. The Hall–Kier alpha value is -1.81. The molecule has 4 heteroatoms. The molecule has 2 aromatic rings. The minimum atomic E-state index is 0.785. The van der Waals surface area contributed by atoms with E-state index >= 15 is 0 Å². The summed E-state index contributed by atoms with van der Waals surface area (Å²) in [6, 6.07) is 8.30. The number of aromatic amines is 1. The fourth-order valence-corrected chi connectivity index (χ4v) is 3.33. The highest BCUT2D eigenvalue weighted by atomic mass is 16.5. The SMILES string of the molecule is CCCCCCCOc1ccccc1-c1n[nH]c2c1CN(C)CC2. The zero-order valence-corrected chi connectivity index (χ0v) is 15.0. The lowest BCUT2D eigenvalue weighted by atomic mass is 10.0. The van der Waals surface area contributed by atoms with Gasteiger partial charge in [-0.3, -0.25) is 5.10 Å². The molecule has 0 aliphatic carbocycles. The van der Waals surface area contributed by atoms with E-state index in [0.717, 1.165) is 49.5 Å². The van der Waals surface area contributed by atoms with Crippen LogP contribution in [0.5, 0.6) is 5.75 Å². The fraction of sp³-hybridized carbons (Fsp3) is 0.550. The number of aromatic nitrogens is 2. The van der Waals surface area contributed by atoms with E-state index in [4.69, 9.17) is 4.74 Å². The van der Waals surface area contributed by atoms with E-state index in [0.29, 0.717) is 0 Å². The molecule has 0 spiro atoms. The van der Waals surface area contributed by atoms with Crippen LogP contribution in [0.2, 0.25) is 0 Å². The Labute approximate surface area is 145 Å². The number of hydrogen-bond acceptors (Lipinski definition) is 3. The smallest absolute Gasteiger partial charge is 0.128 e. The molecular formula is C20H29N3O. The molecule has 3 rings (SSSR count). The van der Waals surface area contributed by atoms with Crippen molar-refractivity contribution in [3.63, 3.8) is 0 Å². The van der Waals surface area contributed by atoms with Gasteiger partial charge in [-0.05, 0) is 25.6 Å². The first-order chi connectivity index (χ1) is 11.8. The third-order valence-electron chi connectivity index (χ3n) is 4.77. The topological polar surface area (TPSA) is 41.1 Å². The van der Waals surface area contributed by atoms with Crippen LogP contribution in [0.25, 0.3) is 11.3 Å². The van der Waals surface area contributed by atoms with Gasteiger partial charge in [-0.25, -0.2) is 0 Å². The number of likely N-dealkylation sites (N-methyl/N-ethyl adjacent to an activating group) is 1. The van der Waals surface area contributed by atoms with Gasteiger partial charge in [0, 0.05) is 36.3 Å². The molecule has 0 unspecified atom stereocenters. The molecule has 4 nitrogen and oxygen atoms in total. The van der Waals surface area contributed by atoms with Crippen LogP contribution in [0.1, 0.15) is 50.3 Å². The first kappa shape index (κ1) is 17.0. The fourth-order valence-electron chi connectivity index (χ4n) is 3.33. The Morgan fingerprint density at radius 2 is 2.00 bits per heavy atom. The van der Waals surface area contributed by atoms with Gasteiger partial charge in [-0.2, -0.15) is 5.10 Å². The number of hydrogen-bond donors (Lipinski definition) is 1. The van der Waals surface area contributed by atoms with Crippen LogP contribution in [0, 0.1) is 0 Å². The van der Waals surface area contributed by atoms with E-state index in [1.807, 2.05) is 6.07 Å². The molecule has 1 aliphatic heterocycles. The minimum absolute atomic E-state index is 0.785. The van der Waals surface area contributed by atoms with Gasteiger partial charge in [0.05, 0.1) is 6.61 Å². The van der Waals surface area contributed by atoms with E-state index in [1.54, 1.807) is 0 Å². The average molecular weight is 327 g/mol. The molecule has 0 atom stereocenters. The second-order valence-corrected chi connectivity index (χ2v) is 6.78. The summed E-state index contributed by atoms with van der Waals surface area (Å²) >= 11 is 0. The Bertz CT molecular complexity index is 650. The Balaban J connectivity index is 1.70. The van der Waals surface area contributed by atoms with Crippen LogP contribution < -0.4 is 4.74 Å². The first-order valence-corrected chi connectivity index (χ1v) is 9.26. The molecule has 1 aromatic carbocycles. The standard InChI is InChI=1S/C20H29N3O/c1-3-4-5-6-9-14-24-19-11-8-7-10-16(19)20-17-15-23(2)13-12-18(17)21-22-20/h7-8,10-11H,3-6,9,12-15H2,1-2H3,(H,21,22). The summed E-state index contributed by atoms with van der Waals surface area (Å²) in [4.78, 5) is 2.35. The van der Waals surface area contributed by atoms with Crippen molar-refractivity contribution in [3.8, 4) is 17.0 Å². The highest BCUT2D eigenvalue weighted by molar-refractivity contribution is 5.70. The maximum Gasteiger partial charge on any atom is 0.128 e. The third kappa shape index (κ3) is 3.99. The van der Waals surface area contributed by atoms with Gasteiger partial charge >= 0.3 is 0 Å². The zero-order valence-electron chi connectivity index (χ0n) is 15.0. The molecule has 0 bridgehead atoms. The summed E-state index contributed by atoms with van der Waals surface area (Å²) in [5, 5.41) is 7.83. The summed E-state index contributed by atoms with van der Waals surface area (Å²) < 4.78 is 6.09. The van der Waals surface area contributed by atoms with E-state index < -0.39 is 0 Å². The van der Waals surface area contributed by atoms with Crippen molar-refractivity contribution >= 4 is 0 Å². The molecule has 0 saturated heterocycles. The molecule has 24 heavy (non-hydrogen) atoms. The molecule has 0 amide bonds. The van der Waals surface area contributed by atoms with Crippen molar-refractivity contribution in [1.82, 2.24) is 15.1 Å². The van der Waals surface area contributed by atoms with Crippen LogP contribution in [-0.4, -0.2) is 35.3 Å². The third-order valence-corrected chi connectivity index (χ3v) is 4.77. The number of nitrogens with one attached hydrogen (secondary N) is 1. The van der Waals surface area contributed by atoms with Gasteiger partial charge in [-0.15, -0.1) is 0 Å². The van der Waals surface area contributed by atoms with Crippen LogP contribution >= 0.6 is 0 Å². The van der Waals surface area contributed by atoms with Crippen molar-refractivity contribution in [3.05, 3.63) is 35.5 Å². The summed E-state index contributed by atoms with van der Waals surface area (Å²) in [6.07, 6.45) is 7.32. The minimum Gasteiger partial charge on any atom is -0.493 e. The van der Waals surface area contributed by atoms with E-state index in [2.05, 4.69) is 47.3 Å². The molecule has 2 heterocycles. The largest absolute Gasteiger partial charge is 0.493 e. The van der Waals surface area contributed by atoms with Gasteiger partial charge in [0.25, 0.3) is 0 Å². The number of fused-ring (bicyclic) bond motifs is 1. The number of para-hydroxylation sites is 1. The van der Waals surface area contributed by atoms with Gasteiger partial charge in [-0.1, -0.05) is 44.7 Å². The average Bonchev–Trinajstić information content (AvgIpc) is 3.01. The monoisotopic (exact) mass is 327 g/mol. The molecule has 130 valence electrons. The zero-order chi connectivity index (χ0) is 16.8. The molecular weight excluding hydrogens is 298 g/mol. The number of nitrogens with zero attached hydrogens (tertiary/aromatic N) is 2. The normalized spacial score (nSPS) is 14.6. The first-order valence-electron chi connectivity index (χ1n) is 9.26. The summed E-state index contributed by atoms with van der Waals surface area (Å²) in [5.74, 6) is 0.954. The number of ether oxygens (including phenoxy) is 1. The maximum absolute atomic E-state index is 6.09. The molecule has 0 fully saturated rings. The molecule has 1 aromatic heterocycles. The van der Waals surface area contributed by atoms with Gasteiger partial charge in [0.2, 0.25) is 0 Å². The predicted octanol–water partition coefficient (Wildman–Crippen LogP) is 4.41. The van der Waals surface area contributed by atoms with Crippen LogP contribution in [-0.2, 0) is 13.0 Å². The Kier molecular flexibility index (Phi) is 5.91. The lowest BCUT2D eigenvalue weighted by molar-refractivity contribution is 0.305. The second-order valence-electron chi connectivity index (χ2n) is 6.78. The number of benzene rings is 1. The van der Waals surface area contributed by atoms with E-state index in [9.17, 15) is 0 Å². The van der Waals surface area contributed by atoms with Crippen LogP contribution in [0.3, 0.4) is 0 Å². The highest BCUT2D eigenvalue weighted by Gasteiger charge is 2.22. The predicted molar refractivity (Wildman–Crippen MR) is 98.3 cm³/mol.